The van der Waals surface area contributed by atoms with E-state index in [4.69, 9.17) is 41.8 Å². The molecular formula is C46H52Cl2F3N7O14S2. The second kappa shape index (κ2) is 21.4. The molecule has 0 saturated carbocycles. The van der Waals surface area contributed by atoms with Gasteiger partial charge in [-0.15, -0.1) is 0 Å². The Balaban J connectivity index is 0.000000204. The number of halogens is 5. The fraction of sp³-hybridized carbons (Fsp3) is 0.478. The van der Waals surface area contributed by atoms with Crippen LogP contribution in [0.4, 0.5) is 41.6 Å². The molecule has 402 valence electrons. The second-order valence-electron chi connectivity index (χ2n) is 18.1. The molecule has 1 aromatic heterocycles. The summed E-state index contributed by atoms with van der Waals surface area (Å²) >= 11 is 12.4. The average molecular weight is 1120 g/mol. The van der Waals surface area contributed by atoms with E-state index in [1.807, 2.05) is 0 Å². The molecule has 74 heavy (non-hydrogen) atoms. The lowest BCUT2D eigenvalue weighted by Crippen LogP contribution is -2.60. The molecular weight excluding hydrogens is 1070 g/mol. The fourth-order valence-corrected chi connectivity index (χ4v) is 13.4. The molecule has 9 rings (SSSR count). The van der Waals surface area contributed by atoms with Gasteiger partial charge in [-0.05, 0) is 75.4 Å². The number of piperidine rings is 2. The highest BCUT2D eigenvalue weighted by Gasteiger charge is 2.44. The van der Waals surface area contributed by atoms with Gasteiger partial charge in [-0.3, -0.25) is 19.2 Å². The number of nitrogens with one attached hydrogen (secondary N) is 5. The van der Waals surface area contributed by atoms with Crippen molar-refractivity contribution in [3.8, 4) is 17.2 Å². The van der Waals surface area contributed by atoms with Crippen LogP contribution in [-0.2, 0) is 35.7 Å². The molecule has 5 heterocycles. The summed E-state index contributed by atoms with van der Waals surface area (Å²) < 4.78 is 117. The first-order valence-corrected chi connectivity index (χ1v) is 27.1. The van der Waals surface area contributed by atoms with E-state index in [0.717, 1.165) is 12.1 Å². The number of hydrogen-bond donors (Lipinski definition) is 7. The van der Waals surface area contributed by atoms with Gasteiger partial charge >= 0.3 is 6.18 Å². The summed E-state index contributed by atoms with van der Waals surface area (Å²) in [7, 11) is -8.41. The molecule has 0 unspecified atom stereocenters. The number of phenols is 2. The Hall–Kier alpha value is -5.29. The van der Waals surface area contributed by atoms with E-state index >= 15 is 0 Å². The van der Waals surface area contributed by atoms with Gasteiger partial charge < -0.3 is 55.4 Å². The van der Waals surface area contributed by atoms with Crippen molar-refractivity contribution in [3.63, 3.8) is 0 Å². The van der Waals surface area contributed by atoms with E-state index in [9.17, 15) is 59.4 Å². The number of aromatic hydroxyl groups is 2. The molecule has 4 fully saturated rings. The third-order valence-corrected chi connectivity index (χ3v) is 18.3. The molecule has 4 saturated heterocycles. The number of alkyl halides is 3. The molecule has 21 nitrogen and oxygen atoms in total. The Bertz CT molecular complexity index is 3270. The van der Waals surface area contributed by atoms with Crippen molar-refractivity contribution in [3.05, 3.63) is 98.9 Å². The van der Waals surface area contributed by atoms with Gasteiger partial charge in [-0.25, -0.2) is 16.8 Å². The normalized spacial score (nSPS) is 19.0. The standard InChI is InChI=1S/C26H28ClF3N4O7S.C20H24ClN3O7S/c1-2-15(17-5-6-18(41-17)26(28,29)30)32-19-20(23(37)22(19)36)33-16-4-3-14(27)24(21(16)35)42(38,39)34-10-7-25(8-11-34)13-40-12-9-31-25;1-2-31-18-14(16(26)17(18)27)23-13-4-3-12(21)19(15(13)25)32(28,29)24-8-5-20(6-9-24)11-30-10-7-22-20/h3-6,15,31-33,35H,2,7-13H2,1H3;3-4,22-23,25H,2,5-11H2,1H3/t15-;/m1./s1. The first-order chi connectivity index (χ1) is 35.0. The van der Waals surface area contributed by atoms with Crippen LogP contribution in [0.5, 0.6) is 17.2 Å². The summed E-state index contributed by atoms with van der Waals surface area (Å²) in [4.78, 5) is 47.4. The maximum atomic E-state index is 13.6. The van der Waals surface area contributed by atoms with Gasteiger partial charge in [0.25, 0.3) is 21.7 Å². The van der Waals surface area contributed by atoms with Gasteiger partial charge in [0.2, 0.25) is 25.8 Å². The highest BCUT2D eigenvalue weighted by molar-refractivity contribution is 7.89. The van der Waals surface area contributed by atoms with Crippen LogP contribution in [0.25, 0.3) is 0 Å². The number of furan rings is 1. The van der Waals surface area contributed by atoms with E-state index in [-0.39, 0.29) is 100 Å². The van der Waals surface area contributed by atoms with Crippen LogP contribution in [-0.4, -0.2) is 119 Å². The van der Waals surface area contributed by atoms with E-state index in [0.29, 0.717) is 65.2 Å². The Labute approximate surface area is 431 Å². The minimum Gasteiger partial charge on any atom is -0.504 e. The maximum absolute atomic E-state index is 13.6. The number of sulfonamides is 2. The van der Waals surface area contributed by atoms with Crippen LogP contribution in [0.15, 0.2) is 69.8 Å². The molecule has 4 aliphatic rings. The summed E-state index contributed by atoms with van der Waals surface area (Å²) in [5.41, 5.74) is -5.05. The number of ether oxygens (including phenoxy) is 3. The SMILES string of the molecule is CCOc1c(Nc2ccc(Cl)c(S(=O)(=O)N3CCC4(CC3)COCCN4)c2O)c(=O)c1=O.CC[C@@H](Nc1c(Nc2ccc(Cl)c(S(=O)(=O)N3CCC4(CC3)COCCN4)c2O)c(=O)c1=O)c1ccc(C(F)(F)F)o1. The topological polar surface area (TPSA) is 284 Å². The monoisotopic (exact) mass is 1120 g/mol. The molecule has 1 atom stereocenters. The highest BCUT2D eigenvalue weighted by Crippen LogP contribution is 2.44. The minimum atomic E-state index is -4.70. The summed E-state index contributed by atoms with van der Waals surface area (Å²) in [5.74, 6) is -2.86. The zero-order valence-corrected chi connectivity index (χ0v) is 42.9. The Kier molecular flexibility index (Phi) is 15.9. The third kappa shape index (κ3) is 10.6. The number of benzene rings is 2. The first-order valence-electron chi connectivity index (χ1n) is 23.4. The van der Waals surface area contributed by atoms with E-state index in [2.05, 4.69) is 26.6 Å². The molecule has 0 aliphatic carbocycles. The van der Waals surface area contributed by atoms with E-state index in [1.54, 1.807) is 13.8 Å². The minimum absolute atomic E-state index is 0.0724. The molecule has 4 aromatic carbocycles. The van der Waals surface area contributed by atoms with Crippen LogP contribution < -0.4 is 53.0 Å². The van der Waals surface area contributed by atoms with Crippen molar-refractivity contribution in [2.24, 2.45) is 0 Å². The average Bonchev–Trinajstić information content (AvgIpc) is 3.88. The lowest BCUT2D eigenvalue weighted by atomic mass is 9.88. The van der Waals surface area contributed by atoms with Crippen LogP contribution in [0.2, 0.25) is 10.0 Å². The largest absolute Gasteiger partial charge is 0.504 e. The van der Waals surface area contributed by atoms with Gasteiger partial charge in [0.1, 0.15) is 32.6 Å². The van der Waals surface area contributed by atoms with Crippen LogP contribution in [0, 0.1) is 0 Å². The number of morpholine rings is 2. The van der Waals surface area contributed by atoms with Gasteiger partial charge in [0.15, 0.2) is 17.2 Å². The summed E-state index contributed by atoms with van der Waals surface area (Å²) in [6.45, 7) is 7.81. The lowest BCUT2D eigenvalue weighted by Gasteiger charge is -2.44. The molecule has 0 radical (unpaired) electrons. The van der Waals surface area contributed by atoms with Gasteiger partial charge in [0, 0.05) is 50.3 Å². The second-order valence-corrected chi connectivity index (χ2v) is 22.7. The molecule has 5 aromatic rings. The van der Waals surface area contributed by atoms with Gasteiger partial charge in [0.05, 0.1) is 60.5 Å². The predicted molar refractivity (Wildman–Crippen MR) is 266 cm³/mol. The first kappa shape index (κ1) is 55.0. The maximum Gasteiger partial charge on any atom is 0.449 e. The van der Waals surface area contributed by atoms with Crippen molar-refractivity contribution in [1.29, 1.82) is 0 Å². The van der Waals surface area contributed by atoms with Crippen molar-refractivity contribution < 1.29 is 58.8 Å². The Morgan fingerprint density at radius 3 is 1.58 bits per heavy atom. The lowest BCUT2D eigenvalue weighted by molar-refractivity contribution is -0.153. The predicted octanol–water partition coefficient (Wildman–Crippen LogP) is 4.63. The molecule has 28 heteroatoms. The molecule has 0 amide bonds. The van der Waals surface area contributed by atoms with Crippen molar-refractivity contribution in [2.45, 2.75) is 79.0 Å². The van der Waals surface area contributed by atoms with E-state index in [1.165, 1.54) is 32.9 Å². The van der Waals surface area contributed by atoms with Crippen LogP contribution in [0.3, 0.4) is 0 Å². The molecule has 0 bridgehead atoms. The number of hydrogen-bond acceptors (Lipinski definition) is 19. The van der Waals surface area contributed by atoms with Gasteiger partial charge in [-0.1, -0.05) is 30.1 Å². The summed E-state index contributed by atoms with van der Waals surface area (Å²) in [6.07, 6.45) is -2.42. The quantitative estimate of drug-likeness (QED) is 0.0589. The molecule has 2 spiro atoms. The smallest absolute Gasteiger partial charge is 0.449 e. The van der Waals surface area contributed by atoms with Crippen molar-refractivity contribution in [1.82, 2.24) is 19.2 Å². The number of rotatable bonds is 14. The summed E-state index contributed by atoms with van der Waals surface area (Å²) in [6, 6.07) is 6.09. The number of anilines is 5. The highest BCUT2D eigenvalue weighted by atomic mass is 35.5. The molecule has 7 N–H and O–H groups in total. The zero-order chi connectivity index (χ0) is 53.5. The zero-order valence-electron chi connectivity index (χ0n) is 39.7. The van der Waals surface area contributed by atoms with Crippen LogP contribution >= 0.6 is 23.2 Å². The van der Waals surface area contributed by atoms with Crippen LogP contribution in [0.1, 0.15) is 63.5 Å². The Morgan fingerprint density at radius 2 is 1.16 bits per heavy atom. The molecule has 4 aliphatic heterocycles. The van der Waals surface area contributed by atoms with E-state index < -0.39 is 81.0 Å². The third-order valence-electron chi connectivity index (χ3n) is 13.5. The van der Waals surface area contributed by atoms with Crippen molar-refractivity contribution >= 4 is 71.7 Å². The van der Waals surface area contributed by atoms with Gasteiger partial charge in [-0.2, -0.15) is 21.8 Å². The fourth-order valence-electron chi connectivity index (χ4n) is 9.33. The summed E-state index contributed by atoms with van der Waals surface area (Å²) in [5, 5.41) is 36.2. The Morgan fingerprint density at radius 1 is 0.703 bits per heavy atom. The number of phenolic OH excluding ortho intramolecular Hbond substituents is 2. The van der Waals surface area contributed by atoms with Crippen molar-refractivity contribution in [2.75, 3.05) is 88.3 Å². The number of nitrogens with zero attached hydrogens (tertiary/aromatic N) is 2.